The van der Waals surface area contributed by atoms with Crippen LogP contribution in [0.1, 0.15) is 16.7 Å². The number of thiophene rings is 1. The Morgan fingerprint density at radius 1 is 1.35 bits per heavy atom. The van der Waals surface area contributed by atoms with E-state index in [1.54, 1.807) is 18.4 Å². The molecule has 1 aliphatic rings. The van der Waals surface area contributed by atoms with Gasteiger partial charge >= 0.3 is 0 Å². The molecule has 2 heterocycles. The fourth-order valence-electron chi connectivity index (χ4n) is 2.37. The number of fused-ring (bicyclic) bond motifs is 1. The number of hydrogen-bond donors (Lipinski definition) is 2. The van der Waals surface area contributed by atoms with Crippen LogP contribution in [0.2, 0.25) is 0 Å². The van der Waals surface area contributed by atoms with Crippen LogP contribution < -0.4 is 15.4 Å². The highest BCUT2D eigenvalue weighted by Gasteiger charge is 2.17. The summed E-state index contributed by atoms with van der Waals surface area (Å²) in [5.41, 5.74) is 2.68. The van der Waals surface area contributed by atoms with E-state index in [0.29, 0.717) is 31.4 Å². The topological polar surface area (TPSA) is 54.9 Å². The molecular weight excluding hydrogens is 317 g/mol. The van der Waals surface area contributed by atoms with E-state index in [-0.39, 0.29) is 12.6 Å². The minimum atomic E-state index is -0.295. The van der Waals surface area contributed by atoms with Gasteiger partial charge in [-0.1, -0.05) is 0 Å². The van der Waals surface area contributed by atoms with Gasteiger partial charge in [0.15, 0.2) is 12.8 Å². The van der Waals surface area contributed by atoms with E-state index in [1.165, 1.54) is 17.7 Å². The molecular formula is C16H18FN3O2S. The zero-order valence-corrected chi connectivity index (χ0v) is 13.6. The Labute approximate surface area is 138 Å². The molecule has 7 heteroatoms. The molecule has 1 aromatic carbocycles. The van der Waals surface area contributed by atoms with Crippen LogP contribution in [0.5, 0.6) is 5.75 Å². The fraction of sp³-hybridized carbons (Fsp3) is 0.312. The van der Waals surface area contributed by atoms with Crippen molar-refractivity contribution >= 4 is 17.3 Å². The Morgan fingerprint density at radius 2 is 2.22 bits per heavy atom. The van der Waals surface area contributed by atoms with Gasteiger partial charge in [0.25, 0.3) is 0 Å². The van der Waals surface area contributed by atoms with Gasteiger partial charge in [-0.05, 0) is 34.5 Å². The van der Waals surface area contributed by atoms with Gasteiger partial charge < -0.3 is 20.1 Å². The van der Waals surface area contributed by atoms with E-state index in [1.807, 2.05) is 5.38 Å². The van der Waals surface area contributed by atoms with Crippen molar-refractivity contribution in [2.45, 2.75) is 19.7 Å². The summed E-state index contributed by atoms with van der Waals surface area (Å²) in [6, 6.07) is 4.98. The number of nitrogens with one attached hydrogen (secondary N) is 2. The Morgan fingerprint density at radius 3 is 3.00 bits per heavy atom. The van der Waals surface area contributed by atoms with Crippen molar-refractivity contribution in [2.24, 2.45) is 4.99 Å². The van der Waals surface area contributed by atoms with Crippen molar-refractivity contribution in [2.75, 3.05) is 13.8 Å². The molecule has 0 aliphatic carbocycles. The Kier molecular flexibility index (Phi) is 5.09. The highest BCUT2D eigenvalue weighted by molar-refractivity contribution is 7.07. The van der Waals surface area contributed by atoms with Gasteiger partial charge in [-0.2, -0.15) is 11.3 Å². The van der Waals surface area contributed by atoms with Crippen molar-refractivity contribution in [3.8, 4) is 5.75 Å². The number of nitrogens with zero attached hydrogens (tertiary/aromatic N) is 1. The van der Waals surface area contributed by atoms with Crippen molar-refractivity contribution in [1.82, 2.24) is 10.6 Å². The van der Waals surface area contributed by atoms with E-state index in [4.69, 9.17) is 9.47 Å². The van der Waals surface area contributed by atoms with E-state index in [2.05, 4.69) is 27.1 Å². The molecule has 0 saturated carbocycles. The molecule has 0 amide bonds. The van der Waals surface area contributed by atoms with Gasteiger partial charge in [0.2, 0.25) is 0 Å². The maximum atomic E-state index is 13.7. The second kappa shape index (κ2) is 7.43. The Hall–Kier alpha value is -2.12. The number of benzene rings is 1. The predicted octanol–water partition coefficient (Wildman–Crippen LogP) is 2.62. The maximum absolute atomic E-state index is 13.7. The molecule has 23 heavy (non-hydrogen) atoms. The molecule has 5 nitrogen and oxygen atoms in total. The van der Waals surface area contributed by atoms with Gasteiger partial charge in [-0.25, -0.2) is 4.39 Å². The molecule has 0 radical (unpaired) electrons. The number of rotatable bonds is 4. The summed E-state index contributed by atoms with van der Waals surface area (Å²) in [5, 5.41) is 10.5. The van der Waals surface area contributed by atoms with Crippen molar-refractivity contribution in [1.29, 1.82) is 0 Å². The molecule has 2 aromatic rings. The summed E-state index contributed by atoms with van der Waals surface area (Å²) in [7, 11) is 1.70. The van der Waals surface area contributed by atoms with E-state index in [9.17, 15) is 4.39 Å². The maximum Gasteiger partial charge on any atom is 0.191 e. The summed E-state index contributed by atoms with van der Waals surface area (Å²) in [6.07, 6.45) is 0. The van der Waals surface area contributed by atoms with E-state index in [0.717, 1.165) is 11.1 Å². The molecule has 0 saturated heterocycles. The van der Waals surface area contributed by atoms with Gasteiger partial charge in [0.1, 0.15) is 11.6 Å². The second-order valence-corrected chi connectivity index (χ2v) is 5.85. The third-order valence-electron chi connectivity index (χ3n) is 3.46. The van der Waals surface area contributed by atoms with Crippen LogP contribution >= 0.6 is 11.3 Å². The van der Waals surface area contributed by atoms with Crippen LogP contribution in [-0.4, -0.2) is 19.8 Å². The van der Waals surface area contributed by atoms with Crippen LogP contribution in [-0.2, 0) is 24.4 Å². The first kappa shape index (κ1) is 15.8. The minimum Gasteiger partial charge on any atom is -0.467 e. The highest BCUT2D eigenvalue weighted by Crippen LogP contribution is 2.29. The minimum absolute atomic E-state index is 0.191. The average Bonchev–Trinajstić information content (AvgIpc) is 3.08. The molecule has 1 aliphatic heterocycles. The SMILES string of the molecule is CN=C(NCc1ccsc1)NCc1cc(F)cc2c1OCOC2. The summed E-state index contributed by atoms with van der Waals surface area (Å²) >= 11 is 1.66. The third kappa shape index (κ3) is 4.00. The lowest BCUT2D eigenvalue weighted by Crippen LogP contribution is -2.36. The second-order valence-electron chi connectivity index (χ2n) is 5.07. The fourth-order valence-corrected chi connectivity index (χ4v) is 3.04. The first-order chi connectivity index (χ1) is 11.3. The monoisotopic (exact) mass is 335 g/mol. The molecule has 122 valence electrons. The molecule has 3 rings (SSSR count). The van der Waals surface area contributed by atoms with Crippen LogP contribution in [0.25, 0.3) is 0 Å². The normalized spacial score (nSPS) is 14.1. The highest BCUT2D eigenvalue weighted by atomic mass is 32.1. The van der Waals surface area contributed by atoms with Crippen LogP contribution in [0, 0.1) is 5.82 Å². The van der Waals surface area contributed by atoms with E-state index < -0.39 is 0 Å². The molecule has 0 bridgehead atoms. The summed E-state index contributed by atoms with van der Waals surface area (Å²) in [6.45, 7) is 1.67. The lowest BCUT2D eigenvalue weighted by atomic mass is 10.1. The number of aliphatic imine (C=N–C) groups is 1. The zero-order valence-electron chi connectivity index (χ0n) is 12.8. The average molecular weight is 335 g/mol. The first-order valence-corrected chi connectivity index (χ1v) is 8.18. The molecule has 2 N–H and O–H groups in total. The van der Waals surface area contributed by atoms with E-state index >= 15 is 0 Å². The summed E-state index contributed by atoms with van der Waals surface area (Å²) in [4.78, 5) is 4.18. The van der Waals surface area contributed by atoms with Crippen molar-refractivity contribution < 1.29 is 13.9 Å². The predicted molar refractivity (Wildman–Crippen MR) is 88.0 cm³/mol. The van der Waals surface area contributed by atoms with Gasteiger partial charge in [-0.15, -0.1) is 0 Å². The molecule has 0 spiro atoms. The van der Waals surface area contributed by atoms with Crippen molar-refractivity contribution in [3.63, 3.8) is 0 Å². The molecule has 0 atom stereocenters. The van der Waals surface area contributed by atoms with Crippen LogP contribution in [0.4, 0.5) is 4.39 Å². The van der Waals surface area contributed by atoms with Gasteiger partial charge in [-0.3, -0.25) is 4.99 Å². The van der Waals surface area contributed by atoms with Gasteiger partial charge in [0, 0.05) is 31.3 Å². The molecule has 0 unspecified atom stereocenters. The quantitative estimate of drug-likeness (QED) is 0.666. The Balaban J connectivity index is 1.63. The third-order valence-corrected chi connectivity index (χ3v) is 4.19. The lowest BCUT2D eigenvalue weighted by Gasteiger charge is -2.21. The van der Waals surface area contributed by atoms with Crippen LogP contribution in [0.15, 0.2) is 34.0 Å². The Bertz CT molecular complexity index is 689. The molecule has 0 fully saturated rings. The smallest absolute Gasteiger partial charge is 0.191 e. The summed E-state index contributed by atoms with van der Waals surface area (Å²) < 4.78 is 24.4. The van der Waals surface area contributed by atoms with Gasteiger partial charge in [0.05, 0.1) is 6.61 Å². The first-order valence-electron chi connectivity index (χ1n) is 7.23. The standard InChI is InChI=1S/C16H18FN3O2S/c1-18-16(19-6-11-2-3-23-9-11)20-7-12-4-14(17)5-13-8-21-10-22-15(12)13/h2-5,9H,6-8,10H2,1H3,(H2,18,19,20). The largest absolute Gasteiger partial charge is 0.467 e. The van der Waals surface area contributed by atoms with Crippen LogP contribution in [0.3, 0.4) is 0 Å². The summed E-state index contributed by atoms with van der Waals surface area (Å²) in [5.74, 6) is 1.05. The zero-order chi connectivity index (χ0) is 16.1. The molecule has 1 aromatic heterocycles. The number of halogens is 1. The van der Waals surface area contributed by atoms with Crippen molar-refractivity contribution in [3.05, 3.63) is 51.5 Å². The number of hydrogen-bond acceptors (Lipinski definition) is 4. The number of ether oxygens (including phenoxy) is 2. The lowest BCUT2D eigenvalue weighted by molar-refractivity contribution is -0.0172. The number of guanidine groups is 1.